The third-order valence-corrected chi connectivity index (χ3v) is 5.02. The van der Waals surface area contributed by atoms with Crippen LogP contribution in [-0.4, -0.2) is 56.1 Å². The topological polar surface area (TPSA) is 78.8 Å². The molecule has 0 unspecified atom stereocenters. The highest BCUT2D eigenvalue weighted by molar-refractivity contribution is 5.92. The SMILES string of the molecule is C[C@@H]1C[C@H](C(F)(F)F)n2nc([C@@H]3CCN(C(=O)c4ccn[nH]4)C3)cc2N1. The van der Waals surface area contributed by atoms with Gasteiger partial charge in [-0.3, -0.25) is 9.89 Å². The molecule has 0 spiro atoms. The molecule has 1 amide bonds. The fraction of sp³-hybridized carbons (Fsp3) is 0.562. The van der Waals surface area contributed by atoms with Crippen LogP contribution in [0.2, 0.25) is 0 Å². The van der Waals surface area contributed by atoms with Crippen LogP contribution in [0, 0.1) is 0 Å². The van der Waals surface area contributed by atoms with Crippen LogP contribution in [0.15, 0.2) is 18.3 Å². The second-order valence-electron chi connectivity index (χ2n) is 6.94. The predicted molar refractivity (Wildman–Crippen MR) is 86.9 cm³/mol. The molecule has 4 heterocycles. The molecule has 0 saturated carbocycles. The molecule has 0 aliphatic carbocycles. The van der Waals surface area contributed by atoms with Gasteiger partial charge >= 0.3 is 6.18 Å². The van der Waals surface area contributed by atoms with E-state index >= 15 is 0 Å². The first-order valence-electron chi connectivity index (χ1n) is 8.54. The van der Waals surface area contributed by atoms with Crippen LogP contribution < -0.4 is 5.32 Å². The molecule has 1 fully saturated rings. The zero-order chi connectivity index (χ0) is 18.5. The third-order valence-electron chi connectivity index (χ3n) is 5.02. The Bertz CT molecular complexity index is 800. The fourth-order valence-electron chi connectivity index (χ4n) is 3.71. The lowest BCUT2D eigenvalue weighted by Gasteiger charge is -2.31. The molecule has 2 aromatic heterocycles. The summed E-state index contributed by atoms with van der Waals surface area (Å²) in [6.45, 7) is 2.70. The maximum atomic E-state index is 13.4. The number of hydrogen-bond donors (Lipinski definition) is 2. The highest BCUT2D eigenvalue weighted by atomic mass is 19.4. The summed E-state index contributed by atoms with van der Waals surface area (Å²) in [5, 5.41) is 13.7. The fourth-order valence-corrected chi connectivity index (χ4v) is 3.71. The number of hydrogen-bond acceptors (Lipinski definition) is 4. The van der Waals surface area contributed by atoms with Gasteiger partial charge in [0.05, 0.1) is 5.69 Å². The zero-order valence-electron chi connectivity index (χ0n) is 14.1. The summed E-state index contributed by atoms with van der Waals surface area (Å²) >= 11 is 0. The predicted octanol–water partition coefficient (Wildman–Crippen LogP) is 2.54. The molecular formula is C16H19F3N6O. The first kappa shape index (κ1) is 16.9. The minimum Gasteiger partial charge on any atom is -0.368 e. The highest BCUT2D eigenvalue weighted by Crippen LogP contribution is 2.40. The number of aromatic nitrogens is 4. The Morgan fingerprint density at radius 2 is 2.19 bits per heavy atom. The van der Waals surface area contributed by atoms with Gasteiger partial charge in [-0.1, -0.05) is 0 Å². The van der Waals surface area contributed by atoms with Crippen molar-refractivity contribution >= 4 is 11.7 Å². The molecule has 10 heteroatoms. The number of nitrogens with zero attached hydrogens (tertiary/aromatic N) is 4. The van der Waals surface area contributed by atoms with Crippen molar-refractivity contribution in [1.82, 2.24) is 24.9 Å². The maximum absolute atomic E-state index is 13.4. The van der Waals surface area contributed by atoms with Gasteiger partial charge in [-0.25, -0.2) is 4.68 Å². The van der Waals surface area contributed by atoms with Crippen LogP contribution >= 0.6 is 0 Å². The van der Waals surface area contributed by atoms with Crippen LogP contribution in [0.5, 0.6) is 0 Å². The molecule has 2 N–H and O–H groups in total. The quantitative estimate of drug-likeness (QED) is 0.854. The Balaban J connectivity index is 1.54. The lowest BCUT2D eigenvalue weighted by Crippen LogP contribution is -2.37. The van der Waals surface area contributed by atoms with Gasteiger partial charge < -0.3 is 10.2 Å². The van der Waals surface area contributed by atoms with Crippen LogP contribution in [-0.2, 0) is 0 Å². The van der Waals surface area contributed by atoms with Gasteiger partial charge in [0, 0.05) is 37.3 Å². The molecule has 1 saturated heterocycles. The van der Waals surface area contributed by atoms with Gasteiger partial charge in [0.15, 0.2) is 6.04 Å². The van der Waals surface area contributed by atoms with Gasteiger partial charge in [0.1, 0.15) is 11.5 Å². The summed E-state index contributed by atoms with van der Waals surface area (Å²) in [5.74, 6) is 0.152. The number of likely N-dealkylation sites (tertiary alicyclic amines) is 1. The maximum Gasteiger partial charge on any atom is 0.410 e. The van der Waals surface area contributed by atoms with Gasteiger partial charge in [-0.2, -0.15) is 23.4 Å². The van der Waals surface area contributed by atoms with Crippen molar-refractivity contribution in [2.75, 3.05) is 18.4 Å². The first-order chi connectivity index (χ1) is 12.3. The molecule has 26 heavy (non-hydrogen) atoms. The standard InChI is InChI=1S/C16H19F3N6O/c1-9-6-13(16(17,18)19)25-14(21-9)7-12(23-25)10-3-5-24(8-10)15(26)11-2-4-20-22-11/h2,4,7,9-10,13,21H,3,5-6,8H2,1H3,(H,20,22)/t9-,10-,13-/m1/s1. The third kappa shape index (κ3) is 2.93. The average molecular weight is 368 g/mol. The second kappa shape index (κ2) is 6.03. The zero-order valence-corrected chi connectivity index (χ0v) is 14.1. The molecule has 0 radical (unpaired) electrons. The first-order valence-corrected chi connectivity index (χ1v) is 8.54. The molecule has 3 atom stereocenters. The van der Waals surface area contributed by atoms with Crippen molar-refractivity contribution < 1.29 is 18.0 Å². The molecule has 0 bridgehead atoms. The summed E-state index contributed by atoms with van der Waals surface area (Å²) in [5.41, 5.74) is 0.998. The molecule has 7 nitrogen and oxygen atoms in total. The van der Waals surface area contributed by atoms with E-state index < -0.39 is 12.2 Å². The minimum atomic E-state index is -4.34. The van der Waals surface area contributed by atoms with E-state index in [4.69, 9.17) is 0 Å². The highest BCUT2D eigenvalue weighted by Gasteiger charge is 2.46. The largest absolute Gasteiger partial charge is 0.410 e. The number of halogens is 3. The number of carbonyl (C=O) groups is 1. The summed E-state index contributed by atoms with van der Waals surface area (Å²) in [6.07, 6.45) is -2.21. The summed E-state index contributed by atoms with van der Waals surface area (Å²) in [6, 6.07) is 1.39. The Kier molecular flexibility index (Phi) is 3.92. The van der Waals surface area contributed by atoms with Crippen LogP contribution in [0.25, 0.3) is 0 Å². The second-order valence-corrected chi connectivity index (χ2v) is 6.94. The van der Waals surface area contributed by atoms with E-state index in [0.717, 1.165) is 4.68 Å². The van der Waals surface area contributed by atoms with Crippen molar-refractivity contribution in [3.05, 3.63) is 29.7 Å². The van der Waals surface area contributed by atoms with Crippen LogP contribution in [0.1, 0.15) is 47.9 Å². The van der Waals surface area contributed by atoms with Crippen molar-refractivity contribution in [3.63, 3.8) is 0 Å². The lowest BCUT2D eigenvalue weighted by atomic mass is 10.0. The van der Waals surface area contributed by atoms with Crippen molar-refractivity contribution in [3.8, 4) is 0 Å². The summed E-state index contributed by atoms with van der Waals surface area (Å²) in [4.78, 5) is 14.0. The number of fused-ring (bicyclic) bond motifs is 1. The number of nitrogens with one attached hydrogen (secondary N) is 2. The van der Waals surface area contributed by atoms with E-state index in [-0.39, 0.29) is 24.3 Å². The molecule has 0 aromatic carbocycles. The molecule has 140 valence electrons. The van der Waals surface area contributed by atoms with Gasteiger partial charge in [0.2, 0.25) is 0 Å². The van der Waals surface area contributed by atoms with Gasteiger partial charge in [-0.05, 0) is 25.8 Å². The number of H-pyrrole nitrogens is 1. The van der Waals surface area contributed by atoms with E-state index in [0.29, 0.717) is 36.7 Å². The van der Waals surface area contributed by atoms with E-state index in [2.05, 4.69) is 20.6 Å². The molecule has 2 aromatic rings. The van der Waals surface area contributed by atoms with Crippen molar-refractivity contribution in [1.29, 1.82) is 0 Å². The lowest BCUT2D eigenvalue weighted by molar-refractivity contribution is -0.173. The van der Waals surface area contributed by atoms with Gasteiger partial charge in [-0.15, -0.1) is 0 Å². The Hall–Kier alpha value is -2.52. The number of amides is 1. The Morgan fingerprint density at radius 1 is 1.38 bits per heavy atom. The molecule has 2 aliphatic heterocycles. The smallest absolute Gasteiger partial charge is 0.368 e. The number of carbonyl (C=O) groups excluding carboxylic acids is 1. The van der Waals surface area contributed by atoms with E-state index in [1.165, 1.54) is 6.20 Å². The number of alkyl halides is 3. The van der Waals surface area contributed by atoms with Crippen LogP contribution in [0.4, 0.5) is 19.0 Å². The molecule has 4 rings (SSSR count). The molecule has 2 aliphatic rings. The van der Waals surface area contributed by atoms with Gasteiger partial charge in [0.25, 0.3) is 5.91 Å². The monoisotopic (exact) mass is 368 g/mol. The van der Waals surface area contributed by atoms with Crippen LogP contribution in [0.3, 0.4) is 0 Å². The van der Waals surface area contributed by atoms with Crippen molar-refractivity contribution in [2.45, 2.75) is 43.9 Å². The van der Waals surface area contributed by atoms with E-state index in [9.17, 15) is 18.0 Å². The number of anilines is 1. The Morgan fingerprint density at radius 3 is 2.88 bits per heavy atom. The number of aromatic amines is 1. The van der Waals surface area contributed by atoms with E-state index in [1.54, 1.807) is 24.0 Å². The Labute approximate surface area is 147 Å². The van der Waals surface area contributed by atoms with E-state index in [1.807, 2.05) is 0 Å². The summed E-state index contributed by atoms with van der Waals surface area (Å²) < 4.78 is 41.1. The normalized spacial score (nSPS) is 25.8. The number of rotatable bonds is 2. The van der Waals surface area contributed by atoms with Crippen molar-refractivity contribution in [2.24, 2.45) is 0 Å². The summed E-state index contributed by atoms with van der Waals surface area (Å²) in [7, 11) is 0. The minimum absolute atomic E-state index is 0.0489. The average Bonchev–Trinajstić information content (AvgIpc) is 3.31. The molecular weight excluding hydrogens is 349 g/mol.